The summed E-state index contributed by atoms with van der Waals surface area (Å²) >= 11 is 0. The minimum Gasteiger partial charge on any atom is -0.396 e. The van der Waals surface area contributed by atoms with E-state index in [1.165, 1.54) is 0 Å². The fraction of sp³-hybridized carbons (Fsp3) is 0.167. The van der Waals surface area contributed by atoms with Crippen LogP contribution in [0.2, 0.25) is 0 Å². The van der Waals surface area contributed by atoms with Gasteiger partial charge in [-0.3, -0.25) is 4.98 Å². The standard InChI is InChI=1S/C18H18N4O/c23-11-5-10-20-17-12-16(15-8-4-9-19-13-15)21-18(22-17)14-6-2-1-3-7-14/h1-4,6-9,12-13,23H,5,10-11H2,(H,20,21,22). The largest absolute Gasteiger partial charge is 0.396 e. The molecule has 3 aromatic rings. The highest BCUT2D eigenvalue weighted by atomic mass is 16.3. The van der Waals surface area contributed by atoms with Gasteiger partial charge in [0.15, 0.2) is 5.82 Å². The molecule has 0 atom stereocenters. The number of aliphatic hydroxyl groups is 1. The zero-order chi connectivity index (χ0) is 15.9. The minimum atomic E-state index is 0.152. The number of pyridine rings is 1. The molecule has 2 N–H and O–H groups in total. The van der Waals surface area contributed by atoms with Crippen molar-refractivity contribution in [3.8, 4) is 22.6 Å². The van der Waals surface area contributed by atoms with Crippen molar-refractivity contribution in [3.05, 3.63) is 60.9 Å². The van der Waals surface area contributed by atoms with Gasteiger partial charge in [0.05, 0.1) is 5.69 Å². The minimum absolute atomic E-state index is 0.152. The average molecular weight is 306 g/mol. The van der Waals surface area contributed by atoms with E-state index < -0.39 is 0 Å². The van der Waals surface area contributed by atoms with Gasteiger partial charge in [0.2, 0.25) is 0 Å². The highest BCUT2D eigenvalue weighted by molar-refractivity contribution is 5.66. The van der Waals surface area contributed by atoms with Gasteiger partial charge in [-0.15, -0.1) is 0 Å². The van der Waals surface area contributed by atoms with Crippen molar-refractivity contribution in [1.29, 1.82) is 0 Å². The molecule has 0 fully saturated rings. The van der Waals surface area contributed by atoms with Crippen molar-refractivity contribution in [3.63, 3.8) is 0 Å². The first-order valence-electron chi connectivity index (χ1n) is 7.56. The van der Waals surface area contributed by atoms with Gasteiger partial charge >= 0.3 is 0 Å². The number of rotatable bonds is 6. The van der Waals surface area contributed by atoms with E-state index >= 15 is 0 Å². The Morgan fingerprint density at radius 2 is 1.78 bits per heavy atom. The Hall–Kier alpha value is -2.79. The Bertz CT molecular complexity index is 690. The topological polar surface area (TPSA) is 70.9 Å². The number of nitrogens with zero attached hydrogens (tertiary/aromatic N) is 3. The zero-order valence-electron chi connectivity index (χ0n) is 12.7. The van der Waals surface area contributed by atoms with E-state index in [1.807, 2.05) is 48.5 Å². The van der Waals surface area contributed by atoms with Crippen LogP contribution in [0, 0.1) is 0 Å². The number of hydrogen-bond donors (Lipinski definition) is 2. The van der Waals surface area contributed by atoms with Crippen LogP contribution in [0.1, 0.15) is 6.42 Å². The van der Waals surface area contributed by atoms with Crippen molar-refractivity contribution >= 4 is 5.82 Å². The third-order valence-corrected chi connectivity index (χ3v) is 3.36. The SMILES string of the molecule is OCCCNc1cc(-c2cccnc2)nc(-c2ccccc2)n1. The maximum atomic E-state index is 8.93. The van der Waals surface area contributed by atoms with Gasteiger partial charge in [-0.1, -0.05) is 30.3 Å². The van der Waals surface area contributed by atoms with Gasteiger partial charge in [0, 0.05) is 42.7 Å². The van der Waals surface area contributed by atoms with Gasteiger partial charge in [-0.05, 0) is 18.6 Å². The molecular formula is C18H18N4O. The molecule has 1 aromatic carbocycles. The van der Waals surface area contributed by atoms with Gasteiger partial charge in [-0.25, -0.2) is 9.97 Å². The molecule has 23 heavy (non-hydrogen) atoms. The molecule has 0 amide bonds. The van der Waals surface area contributed by atoms with Gasteiger partial charge in [0.25, 0.3) is 0 Å². The Kier molecular flexibility index (Phi) is 4.91. The van der Waals surface area contributed by atoms with E-state index in [9.17, 15) is 0 Å². The predicted octanol–water partition coefficient (Wildman–Crippen LogP) is 3.00. The molecule has 2 heterocycles. The summed E-state index contributed by atoms with van der Waals surface area (Å²) in [5.41, 5.74) is 2.72. The molecule has 2 aromatic heterocycles. The summed E-state index contributed by atoms with van der Waals surface area (Å²) in [5, 5.41) is 12.2. The van der Waals surface area contributed by atoms with Crippen LogP contribution < -0.4 is 5.32 Å². The van der Waals surface area contributed by atoms with E-state index in [1.54, 1.807) is 12.4 Å². The van der Waals surface area contributed by atoms with E-state index in [-0.39, 0.29) is 6.61 Å². The Morgan fingerprint density at radius 3 is 2.52 bits per heavy atom. The maximum Gasteiger partial charge on any atom is 0.162 e. The second-order valence-corrected chi connectivity index (χ2v) is 5.07. The predicted molar refractivity (Wildman–Crippen MR) is 90.9 cm³/mol. The van der Waals surface area contributed by atoms with Crippen LogP contribution in [-0.2, 0) is 0 Å². The lowest BCUT2D eigenvalue weighted by Crippen LogP contribution is -2.06. The maximum absolute atomic E-state index is 8.93. The molecule has 5 heteroatoms. The molecule has 0 radical (unpaired) electrons. The van der Waals surface area contributed by atoms with Crippen LogP contribution in [0.15, 0.2) is 60.9 Å². The molecular weight excluding hydrogens is 288 g/mol. The van der Waals surface area contributed by atoms with Crippen molar-refractivity contribution < 1.29 is 5.11 Å². The van der Waals surface area contributed by atoms with E-state index in [0.717, 1.165) is 22.6 Å². The lowest BCUT2D eigenvalue weighted by molar-refractivity contribution is 0.292. The van der Waals surface area contributed by atoms with Crippen LogP contribution in [0.3, 0.4) is 0 Å². The molecule has 116 valence electrons. The highest BCUT2D eigenvalue weighted by Gasteiger charge is 2.08. The molecule has 0 unspecified atom stereocenters. The van der Waals surface area contributed by atoms with E-state index in [2.05, 4.69) is 20.3 Å². The van der Waals surface area contributed by atoms with Gasteiger partial charge < -0.3 is 10.4 Å². The van der Waals surface area contributed by atoms with Crippen molar-refractivity contribution in [2.24, 2.45) is 0 Å². The first-order valence-corrected chi connectivity index (χ1v) is 7.56. The molecule has 3 rings (SSSR count). The molecule has 5 nitrogen and oxygen atoms in total. The normalized spacial score (nSPS) is 10.5. The van der Waals surface area contributed by atoms with Gasteiger partial charge in [-0.2, -0.15) is 0 Å². The highest BCUT2D eigenvalue weighted by Crippen LogP contribution is 2.23. The quantitative estimate of drug-likeness (QED) is 0.685. The van der Waals surface area contributed by atoms with Crippen LogP contribution in [0.25, 0.3) is 22.6 Å². The monoisotopic (exact) mass is 306 g/mol. The molecule has 0 bridgehead atoms. The van der Waals surface area contributed by atoms with Crippen LogP contribution >= 0.6 is 0 Å². The number of aliphatic hydroxyl groups excluding tert-OH is 1. The number of anilines is 1. The fourth-order valence-electron chi connectivity index (χ4n) is 2.21. The van der Waals surface area contributed by atoms with Crippen molar-refractivity contribution in [2.45, 2.75) is 6.42 Å². The van der Waals surface area contributed by atoms with Crippen LogP contribution in [0.5, 0.6) is 0 Å². The summed E-state index contributed by atoms with van der Waals surface area (Å²) in [6.07, 6.45) is 4.20. The van der Waals surface area contributed by atoms with Crippen molar-refractivity contribution in [2.75, 3.05) is 18.5 Å². The second-order valence-electron chi connectivity index (χ2n) is 5.07. The Labute approximate surface area is 135 Å². The van der Waals surface area contributed by atoms with Crippen LogP contribution in [0.4, 0.5) is 5.82 Å². The molecule has 0 saturated heterocycles. The first kappa shape index (κ1) is 15.1. The number of aromatic nitrogens is 3. The average Bonchev–Trinajstić information content (AvgIpc) is 2.63. The molecule has 0 saturated carbocycles. The van der Waals surface area contributed by atoms with E-state index in [4.69, 9.17) is 5.11 Å². The summed E-state index contributed by atoms with van der Waals surface area (Å²) < 4.78 is 0. The lowest BCUT2D eigenvalue weighted by Gasteiger charge is -2.10. The summed E-state index contributed by atoms with van der Waals surface area (Å²) in [5.74, 6) is 1.41. The summed E-state index contributed by atoms with van der Waals surface area (Å²) in [6.45, 7) is 0.813. The van der Waals surface area contributed by atoms with Crippen LogP contribution in [-0.4, -0.2) is 33.2 Å². The molecule has 0 aliphatic rings. The molecule has 0 aliphatic heterocycles. The number of benzene rings is 1. The molecule has 0 aliphatic carbocycles. The summed E-state index contributed by atoms with van der Waals surface area (Å²) in [4.78, 5) is 13.4. The van der Waals surface area contributed by atoms with Crippen molar-refractivity contribution in [1.82, 2.24) is 15.0 Å². The zero-order valence-corrected chi connectivity index (χ0v) is 12.7. The fourth-order valence-corrected chi connectivity index (χ4v) is 2.21. The number of hydrogen-bond acceptors (Lipinski definition) is 5. The number of nitrogens with one attached hydrogen (secondary N) is 1. The second kappa shape index (κ2) is 7.47. The first-order chi connectivity index (χ1) is 11.4. The Morgan fingerprint density at radius 1 is 0.957 bits per heavy atom. The Balaban J connectivity index is 2.00. The smallest absolute Gasteiger partial charge is 0.162 e. The van der Waals surface area contributed by atoms with Gasteiger partial charge in [0.1, 0.15) is 5.82 Å². The third-order valence-electron chi connectivity index (χ3n) is 3.36. The lowest BCUT2D eigenvalue weighted by atomic mass is 10.1. The van der Waals surface area contributed by atoms with E-state index in [0.29, 0.717) is 18.8 Å². The third kappa shape index (κ3) is 3.90. The molecule has 0 spiro atoms. The summed E-state index contributed by atoms with van der Waals surface area (Å²) in [7, 11) is 0. The summed E-state index contributed by atoms with van der Waals surface area (Å²) in [6, 6.07) is 15.6.